The average molecular weight is 243 g/mol. The molecule has 0 saturated heterocycles. The Bertz CT molecular complexity index is 830. The average Bonchev–Trinajstić information content (AvgIpc) is 2.83. The van der Waals surface area contributed by atoms with E-state index in [0.29, 0.717) is 0 Å². The van der Waals surface area contributed by atoms with Crippen molar-refractivity contribution < 1.29 is 0 Å². The summed E-state index contributed by atoms with van der Waals surface area (Å²) in [6.07, 6.45) is 12.7. The van der Waals surface area contributed by atoms with E-state index in [9.17, 15) is 0 Å². The molecule has 2 aromatic rings. The molecule has 2 aliphatic carbocycles. The van der Waals surface area contributed by atoms with Gasteiger partial charge >= 0.3 is 0 Å². The van der Waals surface area contributed by atoms with Gasteiger partial charge in [-0.25, -0.2) is 0 Å². The summed E-state index contributed by atoms with van der Waals surface area (Å²) >= 11 is 0. The van der Waals surface area contributed by atoms with Gasteiger partial charge in [-0.3, -0.25) is 0 Å². The van der Waals surface area contributed by atoms with Gasteiger partial charge in [0.1, 0.15) is 0 Å². The second-order valence-electron chi connectivity index (χ2n) is 4.83. The second-order valence-corrected chi connectivity index (χ2v) is 4.83. The van der Waals surface area contributed by atoms with Crippen LogP contribution in [-0.4, -0.2) is 4.57 Å². The number of nitrogens with zero attached hydrogens (tertiary/aromatic N) is 1. The number of para-hydroxylation sites is 1. The largest absolute Gasteiger partial charge is 0.306 e. The minimum atomic E-state index is 1.08. The lowest BCUT2D eigenvalue weighted by Crippen LogP contribution is -2.03. The van der Waals surface area contributed by atoms with Crippen LogP contribution in [0.25, 0.3) is 22.7 Å². The third-order valence-electron chi connectivity index (χ3n) is 3.72. The monoisotopic (exact) mass is 243 g/mol. The molecule has 0 bridgehead atoms. The lowest BCUT2D eigenvalue weighted by molar-refractivity contribution is 0.901. The molecule has 0 atom stereocenters. The first-order valence-electron chi connectivity index (χ1n) is 6.63. The summed E-state index contributed by atoms with van der Waals surface area (Å²) in [6, 6.07) is 8.59. The van der Waals surface area contributed by atoms with Crippen molar-refractivity contribution in [1.82, 2.24) is 4.57 Å². The zero-order valence-corrected chi connectivity index (χ0v) is 10.6. The molecule has 19 heavy (non-hydrogen) atoms. The molecule has 2 aliphatic rings. The SMILES string of the molecule is C1=C=C(n2c3c(c4ccccc42)C=CCC3)C=CC=1. The van der Waals surface area contributed by atoms with Crippen LogP contribution in [0.5, 0.6) is 0 Å². The number of aromatic nitrogens is 1. The van der Waals surface area contributed by atoms with E-state index in [4.69, 9.17) is 0 Å². The normalized spacial score (nSPS) is 15.9. The quantitative estimate of drug-likeness (QED) is 0.657. The Morgan fingerprint density at radius 2 is 2.05 bits per heavy atom. The predicted octanol–water partition coefficient (Wildman–Crippen LogP) is 4.32. The molecule has 1 aromatic carbocycles. The van der Waals surface area contributed by atoms with Crippen LogP contribution < -0.4 is 0 Å². The Labute approximate surface area is 112 Å². The first-order chi connectivity index (χ1) is 9.45. The smallest absolute Gasteiger partial charge is 0.0971 e. The fourth-order valence-electron chi connectivity index (χ4n) is 2.92. The van der Waals surface area contributed by atoms with Gasteiger partial charge in [-0.05, 0) is 36.8 Å². The number of rotatable bonds is 1. The molecule has 1 nitrogen and oxygen atoms in total. The molecule has 0 fully saturated rings. The standard InChI is InChI=1S/C18H13N/c1-2-8-14(9-3-1)19-17-12-6-4-10-15(17)16-11-5-7-13-18(16)19/h1-2,4-6,8,10-12H,7,13H2. The Morgan fingerprint density at radius 3 is 2.95 bits per heavy atom. The number of benzene rings is 1. The topological polar surface area (TPSA) is 4.93 Å². The molecule has 0 spiro atoms. The number of fused-ring (bicyclic) bond motifs is 3. The number of allylic oxidation sites excluding steroid dienone is 5. The molecule has 1 aromatic heterocycles. The first kappa shape index (κ1) is 10.5. The maximum Gasteiger partial charge on any atom is 0.0971 e. The van der Waals surface area contributed by atoms with Gasteiger partial charge in [0.25, 0.3) is 0 Å². The Balaban J connectivity index is 2.16. The van der Waals surface area contributed by atoms with Crippen molar-refractivity contribution in [3.63, 3.8) is 0 Å². The highest BCUT2D eigenvalue weighted by atomic mass is 15.0. The molecule has 4 rings (SSSR count). The van der Waals surface area contributed by atoms with Crippen LogP contribution >= 0.6 is 0 Å². The molecule has 0 aliphatic heterocycles. The Hall–Kier alpha value is -2.46. The summed E-state index contributed by atoms with van der Waals surface area (Å²) in [5, 5.41) is 1.32. The van der Waals surface area contributed by atoms with E-state index in [0.717, 1.165) is 18.5 Å². The van der Waals surface area contributed by atoms with E-state index in [1.54, 1.807) is 0 Å². The summed E-state index contributed by atoms with van der Waals surface area (Å²) in [5.74, 6) is 0. The lowest BCUT2D eigenvalue weighted by Gasteiger charge is -2.12. The zero-order valence-electron chi connectivity index (χ0n) is 10.6. The van der Waals surface area contributed by atoms with E-state index in [-0.39, 0.29) is 0 Å². The van der Waals surface area contributed by atoms with E-state index in [1.165, 1.54) is 22.2 Å². The summed E-state index contributed by atoms with van der Waals surface area (Å²) in [7, 11) is 0. The van der Waals surface area contributed by atoms with Gasteiger partial charge < -0.3 is 4.57 Å². The molecule has 90 valence electrons. The van der Waals surface area contributed by atoms with Crippen molar-refractivity contribution in [3.05, 3.63) is 71.3 Å². The molecule has 1 heteroatoms. The van der Waals surface area contributed by atoms with Gasteiger partial charge in [0, 0.05) is 16.6 Å². The highest BCUT2D eigenvalue weighted by Gasteiger charge is 2.18. The molecule has 0 amide bonds. The summed E-state index contributed by atoms with van der Waals surface area (Å²) in [4.78, 5) is 0. The highest BCUT2D eigenvalue weighted by Crippen LogP contribution is 2.33. The highest BCUT2D eigenvalue weighted by molar-refractivity contribution is 5.94. The molecule has 0 N–H and O–H groups in total. The Kier molecular flexibility index (Phi) is 2.22. The third kappa shape index (κ3) is 1.50. The lowest BCUT2D eigenvalue weighted by atomic mass is 10.0. The van der Waals surface area contributed by atoms with Crippen LogP contribution in [0.15, 0.2) is 60.0 Å². The van der Waals surface area contributed by atoms with Gasteiger partial charge in [-0.1, -0.05) is 42.2 Å². The molecular formula is C18H13N. The molecule has 0 unspecified atom stereocenters. The minimum Gasteiger partial charge on any atom is -0.306 e. The summed E-state index contributed by atoms with van der Waals surface area (Å²) < 4.78 is 2.32. The van der Waals surface area contributed by atoms with Crippen LogP contribution in [0.1, 0.15) is 17.7 Å². The van der Waals surface area contributed by atoms with Crippen molar-refractivity contribution in [2.45, 2.75) is 12.8 Å². The summed E-state index contributed by atoms with van der Waals surface area (Å²) in [5.41, 5.74) is 11.4. The zero-order chi connectivity index (χ0) is 12.7. The van der Waals surface area contributed by atoms with Crippen molar-refractivity contribution in [1.29, 1.82) is 0 Å². The van der Waals surface area contributed by atoms with E-state index in [2.05, 4.69) is 58.5 Å². The van der Waals surface area contributed by atoms with Crippen LogP contribution in [0.4, 0.5) is 0 Å². The second kappa shape index (κ2) is 4.03. The van der Waals surface area contributed by atoms with Crippen molar-refractivity contribution >= 4 is 22.7 Å². The molecule has 0 radical (unpaired) electrons. The van der Waals surface area contributed by atoms with Gasteiger partial charge in [0.15, 0.2) is 0 Å². The van der Waals surface area contributed by atoms with E-state index >= 15 is 0 Å². The fraction of sp³-hybridized carbons (Fsp3) is 0.111. The van der Waals surface area contributed by atoms with E-state index in [1.807, 2.05) is 12.2 Å². The van der Waals surface area contributed by atoms with Gasteiger partial charge in [-0.2, -0.15) is 0 Å². The minimum absolute atomic E-state index is 1.08. The maximum atomic E-state index is 3.23. The van der Waals surface area contributed by atoms with Crippen LogP contribution in [0.3, 0.4) is 0 Å². The van der Waals surface area contributed by atoms with Crippen molar-refractivity contribution in [2.24, 2.45) is 0 Å². The third-order valence-corrected chi connectivity index (χ3v) is 3.72. The molecule has 1 heterocycles. The van der Waals surface area contributed by atoms with Crippen LogP contribution in [0.2, 0.25) is 0 Å². The maximum absolute atomic E-state index is 3.23. The van der Waals surface area contributed by atoms with Crippen molar-refractivity contribution in [2.75, 3.05) is 0 Å². The number of hydrogen-bond donors (Lipinski definition) is 0. The van der Waals surface area contributed by atoms with E-state index < -0.39 is 0 Å². The van der Waals surface area contributed by atoms with Gasteiger partial charge in [-0.15, -0.1) is 0 Å². The van der Waals surface area contributed by atoms with Gasteiger partial charge in [0.2, 0.25) is 0 Å². The first-order valence-corrected chi connectivity index (χ1v) is 6.63. The fourth-order valence-corrected chi connectivity index (χ4v) is 2.92. The van der Waals surface area contributed by atoms with Crippen LogP contribution in [0, 0.1) is 0 Å². The Morgan fingerprint density at radius 1 is 1.11 bits per heavy atom. The number of hydrogen-bond acceptors (Lipinski definition) is 0. The molecule has 0 saturated carbocycles. The van der Waals surface area contributed by atoms with Crippen molar-refractivity contribution in [3.8, 4) is 0 Å². The predicted molar refractivity (Wildman–Crippen MR) is 79.7 cm³/mol. The van der Waals surface area contributed by atoms with Crippen LogP contribution in [-0.2, 0) is 6.42 Å². The molecular weight excluding hydrogens is 230 g/mol. The van der Waals surface area contributed by atoms with Gasteiger partial charge in [0.05, 0.1) is 11.2 Å². The summed E-state index contributed by atoms with van der Waals surface area (Å²) in [6.45, 7) is 0.